The van der Waals surface area contributed by atoms with Gasteiger partial charge in [0, 0.05) is 16.6 Å². The number of nitrogens with two attached hydrogens (primary N) is 1. The van der Waals surface area contributed by atoms with E-state index < -0.39 is 0 Å². The van der Waals surface area contributed by atoms with E-state index in [1.54, 1.807) is 0 Å². The fourth-order valence-corrected chi connectivity index (χ4v) is 3.03. The third-order valence-corrected chi connectivity index (χ3v) is 4.53. The second-order valence-electron chi connectivity index (χ2n) is 6.21. The third-order valence-electron chi connectivity index (χ3n) is 4.21. The van der Waals surface area contributed by atoms with Crippen molar-refractivity contribution in [3.8, 4) is 6.01 Å². The van der Waals surface area contributed by atoms with Gasteiger partial charge in [-0.2, -0.15) is 9.97 Å². The fourth-order valence-electron chi connectivity index (χ4n) is 2.77. The van der Waals surface area contributed by atoms with E-state index in [1.165, 1.54) is 0 Å². The molecule has 0 aliphatic rings. The van der Waals surface area contributed by atoms with E-state index in [4.69, 9.17) is 22.1 Å². The van der Waals surface area contributed by atoms with Gasteiger partial charge in [-0.05, 0) is 37.8 Å². The predicted octanol–water partition coefficient (Wildman–Crippen LogP) is 4.61. The maximum absolute atomic E-state index is 6.21. The van der Waals surface area contributed by atoms with Crippen LogP contribution in [0.4, 0.5) is 5.82 Å². The van der Waals surface area contributed by atoms with Gasteiger partial charge in [0.25, 0.3) is 0 Å². The number of hydrogen-bond acceptors (Lipinski definition) is 5. The van der Waals surface area contributed by atoms with Crippen molar-refractivity contribution in [2.45, 2.75) is 39.0 Å². The minimum atomic E-state index is 0.235. The summed E-state index contributed by atoms with van der Waals surface area (Å²) in [6.07, 6.45) is 4.49. The minimum absolute atomic E-state index is 0.235. The van der Waals surface area contributed by atoms with E-state index in [0.29, 0.717) is 17.6 Å². The van der Waals surface area contributed by atoms with Gasteiger partial charge in [-0.25, -0.2) is 0 Å². The second kappa shape index (κ2) is 8.81. The highest BCUT2D eigenvalue weighted by molar-refractivity contribution is 6.30. The van der Waals surface area contributed by atoms with Gasteiger partial charge in [-0.15, -0.1) is 0 Å². The van der Waals surface area contributed by atoms with Crippen LogP contribution in [0.1, 0.15) is 37.4 Å². The van der Waals surface area contributed by atoms with Gasteiger partial charge in [0.2, 0.25) is 0 Å². The van der Waals surface area contributed by atoms with Crippen LogP contribution < -0.4 is 10.5 Å². The van der Waals surface area contributed by atoms with Gasteiger partial charge < -0.3 is 10.5 Å². The molecule has 0 saturated heterocycles. The Kier molecular flexibility index (Phi) is 6.23. The van der Waals surface area contributed by atoms with Crippen molar-refractivity contribution < 1.29 is 4.74 Å². The van der Waals surface area contributed by atoms with Crippen LogP contribution in [0, 0.1) is 0 Å². The van der Waals surface area contributed by atoms with E-state index in [2.05, 4.69) is 40.1 Å². The number of aryl methyl sites for hydroxylation is 1. The van der Waals surface area contributed by atoms with Crippen LogP contribution in [0.25, 0.3) is 10.9 Å². The molecule has 2 aromatic heterocycles. The van der Waals surface area contributed by atoms with Gasteiger partial charge >= 0.3 is 6.01 Å². The standard InChI is InChI=1S/C20H23ClN4O/c1-2-3-9-16-18(21)24-20(25-19(16)22)26-13-6-8-15-12-11-14-7-4-5-10-17(14)23-15/h4-5,7,10-12H,2-3,6,8-9,13H2,1H3,(H2,22,24,25). The van der Waals surface area contributed by atoms with E-state index in [1.807, 2.05) is 18.2 Å². The molecule has 0 fully saturated rings. The maximum atomic E-state index is 6.21. The number of para-hydroxylation sites is 1. The Morgan fingerprint density at radius 2 is 1.85 bits per heavy atom. The molecule has 2 N–H and O–H groups in total. The number of rotatable bonds is 8. The molecule has 6 heteroatoms. The number of pyridine rings is 1. The average Bonchev–Trinajstić information content (AvgIpc) is 2.64. The monoisotopic (exact) mass is 370 g/mol. The van der Waals surface area contributed by atoms with Crippen molar-refractivity contribution in [1.29, 1.82) is 0 Å². The van der Waals surface area contributed by atoms with Crippen LogP contribution in [0.3, 0.4) is 0 Å². The Labute approximate surface area is 158 Å². The number of nitrogen functional groups attached to an aromatic ring is 1. The summed E-state index contributed by atoms with van der Waals surface area (Å²) in [5.74, 6) is 0.407. The Balaban J connectivity index is 1.54. The molecule has 3 rings (SSSR count). The lowest BCUT2D eigenvalue weighted by Crippen LogP contribution is -2.07. The Morgan fingerprint density at radius 1 is 1.00 bits per heavy atom. The number of aromatic nitrogens is 3. The molecule has 0 aliphatic carbocycles. The van der Waals surface area contributed by atoms with Gasteiger partial charge in [-0.1, -0.05) is 49.2 Å². The molecule has 136 valence electrons. The van der Waals surface area contributed by atoms with Crippen molar-refractivity contribution in [2.24, 2.45) is 0 Å². The maximum Gasteiger partial charge on any atom is 0.319 e. The lowest BCUT2D eigenvalue weighted by atomic mass is 10.1. The Hall–Kier alpha value is -2.40. The number of nitrogens with zero attached hydrogens (tertiary/aromatic N) is 3. The van der Waals surface area contributed by atoms with E-state index in [-0.39, 0.29) is 6.01 Å². The molecule has 5 nitrogen and oxygen atoms in total. The zero-order valence-electron chi connectivity index (χ0n) is 14.9. The summed E-state index contributed by atoms with van der Waals surface area (Å²) in [4.78, 5) is 13.1. The summed E-state index contributed by atoms with van der Waals surface area (Å²) in [5.41, 5.74) is 8.85. The molecule has 0 bridgehead atoms. The lowest BCUT2D eigenvalue weighted by molar-refractivity contribution is 0.286. The number of fused-ring (bicyclic) bond motifs is 1. The number of anilines is 1. The van der Waals surface area contributed by atoms with E-state index >= 15 is 0 Å². The van der Waals surface area contributed by atoms with Gasteiger partial charge in [0.15, 0.2) is 0 Å². The summed E-state index contributed by atoms with van der Waals surface area (Å²) >= 11 is 6.21. The first-order valence-corrected chi connectivity index (χ1v) is 9.34. The molecule has 0 atom stereocenters. The number of halogens is 1. The molecular weight excluding hydrogens is 348 g/mol. The number of benzene rings is 1. The van der Waals surface area contributed by atoms with Crippen LogP contribution >= 0.6 is 11.6 Å². The topological polar surface area (TPSA) is 73.9 Å². The van der Waals surface area contributed by atoms with Crippen LogP contribution in [0.15, 0.2) is 36.4 Å². The first-order chi connectivity index (χ1) is 12.7. The molecule has 0 saturated carbocycles. The summed E-state index contributed by atoms with van der Waals surface area (Å²) in [6.45, 7) is 2.60. The number of unbranched alkanes of at least 4 members (excludes halogenated alkanes) is 1. The molecule has 0 spiro atoms. The normalized spacial score (nSPS) is 11.0. The molecule has 3 aromatic rings. The van der Waals surface area contributed by atoms with E-state index in [9.17, 15) is 0 Å². The average molecular weight is 371 g/mol. The first-order valence-electron chi connectivity index (χ1n) is 8.96. The zero-order valence-corrected chi connectivity index (χ0v) is 15.7. The van der Waals surface area contributed by atoms with Crippen molar-refractivity contribution in [3.05, 3.63) is 52.8 Å². The zero-order chi connectivity index (χ0) is 18.4. The summed E-state index contributed by atoms with van der Waals surface area (Å²) in [5, 5.41) is 1.53. The van der Waals surface area contributed by atoms with Gasteiger partial charge in [0.1, 0.15) is 11.0 Å². The second-order valence-corrected chi connectivity index (χ2v) is 6.57. The highest BCUT2D eigenvalue weighted by atomic mass is 35.5. The lowest BCUT2D eigenvalue weighted by Gasteiger charge is -2.09. The molecule has 0 radical (unpaired) electrons. The highest BCUT2D eigenvalue weighted by Gasteiger charge is 2.11. The summed E-state index contributed by atoms with van der Waals surface area (Å²) in [6, 6.07) is 12.5. The molecule has 0 amide bonds. The molecule has 1 aromatic carbocycles. The fraction of sp³-hybridized carbons (Fsp3) is 0.350. The van der Waals surface area contributed by atoms with Crippen LogP contribution in [-0.2, 0) is 12.8 Å². The molecular formula is C20H23ClN4O. The third kappa shape index (κ3) is 4.61. The summed E-state index contributed by atoms with van der Waals surface area (Å²) in [7, 11) is 0. The van der Waals surface area contributed by atoms with E-state index in [0.717, 1.165) is 54.3 Å². The first kappa shape index (κ1) is 18.4. The molecule has 0 aliphatic heterocycles. The van der Waals surface area contributed by atoms with Crippen molar-refractivity contribution in [3.63, 3.8) is 0 Å². The van der Waals surface area contributed by atoms with Gasteiger partial charge in [0.05, 0.1) is 12.1 Å². The van der Waals surface area contributed by atoms with Crippen molar-refractivity contribution >= 4 is 28.3 Å². The van der Waals surface area contributed by atoms with Crippen molar-refractivity contribution in [1.82, 2.24) is 15.0 Å². The molecule has 2 heterocycles. The quantitative estimate of drug-likeness (QED) is 0.462. The van der Waals surface area contributed by atoms with Gasteiger partial charge in [-0.3, -0.25) is 4.98 Å². The Morgan fingerprint density at radius 3 is 2.65 bits per heavy atom. The minimum Gasteiger partial charge on any atom is -0.463 e. The largest absolute Gasteiger partial charge is 0.463 e. The van der Waals surface area contributed by atoms with Crippen molar-refractivity contribution in [2.75, 3.05) is 12.3 Å². The summed E-state index contributed by atoms with van der Waals surface area (Å²) < 4.78 is 5.62. The number of ether oxygens (including phenoxy) is 1. The van der Waals surface area contributed by atoms with Crippen LogP contribution in [0.2, 0.25) is 5.15 Å². The number of hydrogen-bond donors (Lipinski definition) is 1. The smallest absolute Gasteiger partial charge is 0.319 e. The highest BCUT2D eigenvalue weighted by Crippen LogP contribution is 2.23. The van der Waals surface area contributed by atoms with Crippen LogP contribution in [0.5, 0.6) is 6.01 Å². The van der Waals surface area contributed by atoms with Crippen LogP contribution in [-0.4, -0.2) is 21.6 Å². The molecule has 0 unspecified atom stereocenters. The predicted molar refractivity (Wildman–Crippen MR) is 106 cm³/mol. The SMILES string of the molecule is CCCCc1c(N)nc(OCCCc2ccc3ccccc3n2)nc1Cl. The Bertz CT molecular complexity index is 862. The molecule has 26 heavy (non-hydrogen) atoms.